The standard InChI is InChI=1S/C20H21ClN2O4/c1-2-14-3-7-16(8-4-14)23-19(25)13-27-20(26)12-11-18(24)22-17-9-5-15(21)6-10-17/h3-10H,2,11-13H2,1H3,(H,22,24)(H,23,25). The van der Waals surface area contributed by atoms with Gasteiger partial charge in [0.05, 0.1) is 6.42 Å². The van der Waals surface area contributed by atoms with Crippen LogP contribution < -0.4 is 10.6 Å². The molecule has 0 bridgehead atoms. The van der Waals surface area contributed by atoms with E-state index < -0.39 is 18.5 Å². The number of rotatable bonds is 8. The summed E-state index contributed by atoms with van der Waals surface area (Å²) >= 11 is 5.77. The highest BCUT2D eigenvalue weighted by atomic mass is 35.5. The first-order valence-electron chi connectivity index (χ1n) is 8.56. The zero-order valence-electron chi connectivity index (χ0n) is 15.0. The third-order valence-corrected chi connectivity index (χ3v) is 3.95. The molecule has 2 N–H and O–H groups in total. The van der Waals surface area contributed by atoms with Gasteiger partial charge in [-0.05, 0) is 48.4 Å². The summed E-state index contributed by atoms with van der Waals surface area (Å²) in [5, 5.41) is 5.86. The van der Waals surface area contributed by atoms with Crippen LogP contribution >= 0.6 is 11.6 Å². The molecule has 0 heterocycles. The minimum atomic E-state index is -0.613. The number of benzene rings is 2. The fourth-order valence-corrected chi connectivity index (χ4v) is 2.34. The molecule has 7 heteroatoms. The van der Waals surface area contributed by atoms with E-state index in [0.717, 1.165) is 12.0 Å². The molecule has 0 spiro atoms. The van der Waals surface area contributed by atoms with Gasteiger partial charge in [0.2, 0.25) is 5.91 Å². The summed E-state index contributed by atoms with van der Waals surface area (Å²) in [5.41, 5.74) is 2.39. The van der Waals surface area contributed by atoms with Crippen molar-refractivity contribution >= 4 is 40.8 Å². The van der Waals surface area contributed by atoms with Crippen LogP contribution in [-0.2, 0) is 25.5 Å². The largest absolute Gasteiger partial charge is 0.456 e. The molecule has 0 aliphatic heterocycles. The van der Waals surface area contributed by atoms with Gasteiger partial charge < -0.3 is 15.4 Å². The molecule has 0 radical (unpaired) electrons. The molecule has 0 unspecified atom stereocenters. The van der Waals surface area contributed by atoms with Crippen LogP contribution in [0.3, 0.4) is 0 Å². The van der Waals surface area contributed by atoms with Crippen LogP contribution in [-0.4, -0.2) is 24.4 Å². The number of carbonyl (C=O) groups excluding carboxylic acids is 3. The molecule has 0 fully saturated rings. The van der Waals surface area contributed by atoms with E-state index in [0.29, 0.717) is 16.4 Å². The number of anilines is 2. The van der Waals surface area contributed by atoms with Crippen molar-refractivity contribution in [2.24, 2.45) is 0 Å². The molecular weight excluding hydrogens is 368 g/mol. The van der Waals surface area contributed by atoms with Gasteiger partial charge in [0.1, 0.15) is 0 Å². The lowest BCUT2D eigenvalue weighted by Crippen LogP contribution is -2.21. The zero-order valence-corrected chi connectivity index (χ0v) is 15.7. The Kier molecular flexibility index (Phi) is 7.82. The maximum atomic E-state index is 11.8. The van der Waals surface area contributed by atoms with Gasteiger partial charge in [0.25, 0.3) is 5.91 Å². The fourth-order valence-electron chi connectivity index (χ4n) is 2.21. The molecule has 27 heavy (non-hydrogen) atoms. The van der Waals surface area contributed by atoms with Crippen molar-refractivity contribution in [2.75, 3.05) is 17.2 Å². The average Bonchev–Trinajstić information content (AvgIpc) is 2.67. The van der Waals surface area contributed by atoms with Gasteiger partial charge in [-0.15, -0.1) is 0 Å². The van der Waals surface area contributed by atoms with E-state index in [2.05, 4.69) is 10.6 Å². The average molecular weight is 389 g/mol. The number of hydrogen-bond acceptors (Lipinski definition) is 4. The van der Waals surface area contributed by atoms with Crippen LogP contribution in [0.1, 0.15) is 25.3 Å². The predicted octanol–water partition coefficient (Wildman–Crippen LogP) is 3.80. The Hall–Kier alpha value is -2.86. The highest BCUT2D eigenvalue weighted by Gasteiger charge is 2.11. The van der Waals surface area contributed by atoms with Gasteiger partial charge in [-0.3, -0.25) is 14.4 Å². The van der Waals surface area contributed by atoms with Gasteiger partial charge in [-0.2, -0.15) is 0 Å². The van der Waals surface area contributed by atoms with Gasteiger partial charge in [-0.1, -0.05) is 30.7 Å². The van der Waals surface area contributed by atoms with E-state index in [-0.39, 0.29) is 18.7 Å². The third kappa shape index (κ3) is 7.50. The lowest BCUT2D eigenvalue weighted by atomic mass is 10.1. The van der Waals surface area contributed by atoms with Gasteiger partial charge in [0, 0.05) is 22.8 Å². The summed E-state index contributed by atoms with van der Waals surface area (Å²) < 4.78 is 4.89. The van der Waals surface area contributed by atoms with E-state index in [1.165, 1.54) is 0 Å². The third-order valence-electron chi connectivity index (χ3n) is 3.69. The number of halogens is 1. The molecule has 2 rings (SSSR count). The molecule has 2 amide bonds. The molecule has 2 aromatic carbocycles. The number of aryl methyl sites for hydroxylation is 1. The Balaban J connectivity index is 1.66. The van der Waals surface area contributed by atoms with Gasteiger partial charge in [-0.25, -0.2) is 0 Å². The normalized spacial score (nSPS) is 10.1. The van der Waals surface area contributed by atoms with Crippen molar-refractivity contribution in [1.29, 1.82) is 0 Å². The number of ether oxygens (including phenoxy) is 1. The van der Waals surface area contributed by atoms with Crippen LogP contribution in [0.15, 0.2) is 48.5 Å². The van der Waals surface area contributed by atoms with E-state index in [9.17, 15) is 14.4 Å². The molecule has 142 valence electrons. The first-order chi connectivity index (χ1) is 13.0. The summed E-state index contributed by atoms with van der Waals surface area (Å²) in [6.45, 7) is 1.65. The Morgan fingerprint density at radius 1 is 0.852 bits per heavy atom. The highest BCUT2D eigenvalue weighted by molar-refractivity contribution is 6.30. The van der Waals surface area contributed by atoms with E-state index in [4.69, 9.17) is 16.3 Å². The van der Waals surface area contributed by atoms with Crippen molar-refractivity contribution in [3.63, 3.8) is 0 Å². The summed E-state index contributed by atoms with van der Waals surface area (Å²) in [5.74, 6) is -1.37. The number of carbonyl (C=O) groups is 3. The second kappa shape index (κ2) is 10.3. The van der Waals surface area contributed by atoms with Gasteiger partial charge in [0.15, 0.2) is 6.61 Å². The molecule has 0 aliphatic carbocycles. The summed E-state index contributed by atoms with van der Waals surface area (Å²) in [6, 6.07) is 14.0. The SMILES string of the molecule is CCc1ccc(NC(=O)COC(=O)CCC(=O)Nc2ccc(Cl)cc2)cc1. The minimum Gasteiger partial charge on any atom is -0.456 e. The fraction of sp³-hybridized carbons (Fsp3) is 0.250. The van der Waals surface area contributed by atoms with E-state index in [1.54, 1.807) is 36.4 Å². The molecule has 6 nitrogen and oxygen atoms in total. The van der Waals surface area contributed by atoms with Crippen LogP contribution in [0, 0.1) is 0 Å². The maximum absolute atomic E-state index is 11.8. The van der Waals surface area contributed by atoms with Crippen LogP contribution in [0.4, 0.5) is 11.4 Å². The van der Waals surface area contributed by atoms with Crippen molar-refractivity contribution in [1.82, 2.24) is 0 Å². The topological polar surface area (TPSA) is 84.5 Å². The number of esters is 1. The van der Waals surface area contributed by atoms with E-state index in [1.807, 2.05) is 19.1 Å². The van der Waals surface area contributed by atoms with Crippen LogP contribution in [0.25, 0.3) is 0 Å². The summed E-state index contributed by atoms with van der Waals surface area (Å²) in [7, 11) is 0. The lowest BCUT2D eigenvalue weighted by Gasteiger charge is -2.08. The molecule has 2 aromatic rings. The smallest absolute Gasteiger partial charge is 0.306 e. The Morgan fingerprint density at radius 2 is 1.41 bits per heavy atom. The Labute approximate surface area is 162 Å². The molecular formula is C20H21ClN2O4. The monoisotopic (exact) mass is 388 g/mol. The van der Waals surface area contributed by atoms with Crippen molar-refractivity contribution in [3.05, 3.63) is 59.1 Å². The number of nitrogens with one attached hydrogen (secondary N) is 2. The van der Waals surface area contributed by atoms with Crippen molar-refractivity contribution in [2.45, 2.75) is 26.2 Å². The molecule has 0 saturated heterocycles. The van der Waals surface area contributed by atoms with Crippen LogP contribution in [0.5, 0.6) is 0 Å². The second-order valence-corrected chi connectivity index (χ2v) is 6.25. The highest BCUT2D eigenvalue weighted by Crippen LogP contribution is 2.14. The Morgan fingerprint density at radius 3 is 2.00 bits per heavy atom. The quantitative estimate of drug-likeness (QED) is 0.673. The Bertz CT molecular complexity index is 789. The molecule has 0 atom stereocenters. The number of hydrogen-bond donors (Lipinski definition) is 2. The van der Waals surface area contributed by atoms with Gasteiger partial charge >= 0.3 is 5.97 Å². The molecule has 0 saturated carbocycles. The first kappa shape index (κ1) is 20.5. The summed E-state index contributed by atoms with van der Waals surface area (Å²) in [4.78, 5) is 35.3. The first-order valence-corrected chi connectivity index (χ1v) is 8.94. The van der Waals surface area contributed by atoms with Crippen molar-refractivity contribution < 1.29 is 19.1 Å². The molecule has 0 aliphatic rings. The van der Waals surface area contributed by atoms with Crippen molar-refractivity contribution in [3.8, 4) is 0 Å². The predicted molar refractivity (Wildman–Crippen MR) is 105 cm³/mol. The molecule has 0 aromatic heterocycles. The summed E-state index contributed by atoms with van der Waals surface area (Å²) in [6.07, 6.45) is 0.761. The van der Waals surface area contributed by atoms with Crippen LogP contribution in [0.2, 0.25) is 5.02 Å². The van der Waals surface area contributed by atoms with E-state index >= 15 is 0 Å². The lowest BCUT2D eigenvalue weighted by molar-refractivity contribution is -0.147. The zero-order chi connectivity index (χ0) is 19.6. The second-order valence-electron chi connectivity index (χ2n) is 5.81. The maximum Gasteiger partial charge on any atom is 0.306 e. The minimum absolute atomic E-state index is 0.0401. The number of amides is 2.